The lowest BCUT2D eigenvalue weighted by Gasteiger charge is -2.12. The molecule has 0 unspecified atom stereocenters. The predicted octanol–water partition coefficient (Wildman–Crippen LogP) is 3.40. The first-order valence-corrected chi connectivity index (χ1v) is 7.01. The first-order chi connectivity index (χ1) is 10.6. The normalized spacial score (nSPS) is 10.1. The molecule has 116 valence electrons. The smallest absolute Gasteiger partial charge is 0.335 e. The Labute approximate surface area is 129 Å². The zero-order valence-electron chi connectivity index (χ0n) is 12.6. The fourth-order valence-electron chi connectivity index (χ4n) is 2.09. The fraction of sp³-hybridized carbons (Fsp3) is 0.235. The number of methoxy groups -OCH3 is 1. The summed E-state index contributed by atoms with van der Waals surface area (Å²) >= 11 is 0. The lowest BCUT2D eigenvalue weighted by atomic mass is 10.1. The minimum absolute atomic E-state index is 0.214. The minimum atomic E-state index is -0.968. The summed E-state index contributed by atoms with van der Waals surface area (Å²) in [4.78, 5) is 11.1. The maximum Gasteiger partial charge on any atom is 0.335 e. The molecular formula is C17H19NO4. The van der Waals surface area contributed by atoms with Gasteiger partial charge in [-0.3, -0.25) is 0 Å². The molecule has 2 N–H and O–H groups in total. The zero-order chi connectivity index (χ0) is 15.9. The number of carbonyl (C=O) groups is 1. The average Bonchev–Trinajstić information content (AvgIpc) is 2.53. The number of rotatable bonds is 7. The second kappa shape index (κ2) is 7.36. The highest BCUT2D eigenvalue weighted by Crippen LogP contribution is 2.26. The third-order valence-electron chi connectivity index (χ3n) is 3.14. The summed E-state index contributed by atoms with van der Waals surface area (Å²) in [5.74, 6) is 0.447. The molecule has 0 spiro atoms. The molecule has 0 heterocycles. The fourth-order valence-corrected chi connectivity index (χ4v) is 2.09. The van der Waals surface area contributed by atoms with Crippen molar-refractivity contribution in [3.05, 3.63) is 53.6 Å². The molecule has 2 rings (SSSR count). The average molecular weight is 301 g/mol. The van der Waals surface area contributed by atoms with Crippen molar-refractivity contribution in [1.29, 1.82) is 0 Å². The number of hydrogen-bond acceptors (Lipinski definition) is 4. The molecule has 5 nitrogen and oxygen atoms in total. The molecule has 2 aromatic rings. The molecule has 0 aliphatic rings. The van der Waals surface area contributed by atoms with E-state index in [4.69, 9.17) is 14.6 Å². The van der Waals surface area contributed by atoms with E-state index in [-0.39, 0.29) is 5.56 Å². The van der Waals surface area contributed by atoms with Gasteiger partial charge < -0.3 is 19.9 Å². The topological polar surface area (TPSA) is 67.8 Å². The lowest BCUT2D eigenvalue weighted by Crippen LogP contribution is -2.04. The van der Waals surface area contributed by atoms with Crippen LogP contribution in [0.25, 0.3) is 0 Å². The van der Waals surface area contributed by atoms with Crippen LogP contribution in [-0.2, 0) is 6.54 Å². The monoisotopic (exact) mass is 301 g/mol. The van der Waals surface area contributed by atoms with Crippen LogP contribution in [0.3, 0.4) is 0 Å². The molecule has 0 atom stereocenters. The molecule has 0 saturated carbocycles. The molecule has 22 heavy (non-hydrogen) atoms. The van der Waals surface area contributed by atoms with Crippen LogP contribution in [0.4, 0.5) is 5.69 Å². The van der Waals surface area contributed by atoms with E-state index >= 15 is 0 Å². The van der Waals surface area contributed by atoms with E-state index < -0.39 is 5.97 Å². The molecule has 0 bridgehead atoms. The second-order valence-corrected chi connectivity index (χ2v) is 4.65. The Morgan fingerprint density at radius 2 is 2.05 bits per heavy atom. The van der Waals surface area contributed by atoms with Crippen molar-refractivity contribution in [2.45, 2.75) is 13.5 Å². The third kappa shape index (κ3) is 3.91. The van der Waals surface area contributed by atoms with Crippen LogP contribution in [-0.4, -0.2) is 24.8 Å². The molecule has 0 amide bonds. The van der Waals surface area contributed by atoms with Crippen molar-refractivity contribution in [2.24, 2.45) is 0 Å². The van der Waals surface area contributed by atoms with Gasteiger partial charge in [0.15, 0.2) is 0 Å². The van der Waals surface area contributed by atoms with Crippen LogP contribution < -0.4 is 14.8 Å². The Bertz CT molecular complexity index is 655. The molecule has 0 aliphatic carbocycles. The van der Waals surface area contributed by atoms with E-state index in [9.17, 15) is 4.79 Å². The number of nitrogens with one attached hydrogen (secondary N) is 1. The predicted molar refractivity (Wildman–Crippen MR) is 84.9 cm³/mol. The largest absolute Gasteiger partial charge is 0.495 e. The van der Waals surface area contributed by atoms with E-state index in [1.54, 1.807) is 19.2 Å². The van der Waals surface area contributed by atoms with Gasteiger partial charge in [-0.15, -0.1) is 0 Å². The van der Waals surface area contributed by atoms with Crippen molar-refractivity contribution in [3.63, 3.8) is 0 Å². The van der Waals surface area contributed by atoms with Crippen molar-refractivity contribution in [2.75, 3.05) is 19.0 Å². The lowest BCUT2D eigenvalue weighted by molar-refractivity contribution is 0.0697. The summed E-state index contributed by atoms with van der Waals surface area (Å²) in [6.45, 7) is 3.10. The Morgan fingerprint density at radius 3 is 2.73 bits per heavy atom. The Balaban J connectivity index is 2.14. The van der Waals surface area contributed by atoms with Crippen LogP contribution in [0, 0.1) is 0 Å². The Morgan fingerprint density at radius 1 is 1.23 bits per heavy atom. The van der Waals surface area contributed by atoms with Gasteiger partial charge in [-0.25, -0.2) is 4.79 Å². The molecule has 0 radical (unpaired) electrons. The van der Waals surface area contributed by atoms with Gasteiger partial charge in [-0.2, -0.15) is 0 Å². The summed E-state index contributed by atoms with van der Waals surface area (Å²) in [5.41, 5.74) is 1.89. The highest BCUT2D eigenvalue weighted by atomic mass is 16.5. The van der Waals surface area contributed by atoms with Gasteiger partial charge in [0.25, 0.3) is 0 Å². The quantitative estimate of drug-likeness (QED) is 0.820. The zero-order valence-corrected chi connectivity index (χ0v) is 12.6. The standard InChI is InChI=1S/C17H19NO4/c1-3-22-14-6-4-5-12(9-14)11-18-15-10-13(17(19)20)7-8-16(15)21-2/h4-10,18H,3,11H2,1-2H3,(H,19,20). The first-order valence-electron chi connectivity index (χ1n) is 7.01. The van der Waals surface area contributed by atoms with Crippen molar-refractivity contribution in [1.82, 2.24) is 0 Å². The van der Waals surface area contributed by atoms with Crippen LogP contribution in [0.5, 0.6) is 11.5 Å². The molecule has 0 saturated heterocycles. The number of hydrogen-bond donors (Lipinski definition) is 2. The van der Waals surface area contributed by atoms with E-state index in [0.717, 1.165) is 11.3 Å². The van der Waals surface area contributed by atoms with Gasteiger partial charge in [0, 0.05) is 6.54 Å². The Kier molecular flexibility index (Phi) is 5.25. The number of ether oxygens (including phenoxy) is 2. The maximum absolute atomic E-state index is 11.1. The number of benzene rings is 2. The van der Waals surface area contributed by atoms with Crippen molar-refractivity contribution in [3.8, 4) is 11.5 Å². The first kappa shape index (κ1) is 15.7. The molecule has 0 fully saturated rings. The molecular weight excluding hydrogens is 282 g/mol. The SMILES string of the molecule is CCOc1cccc(CNc2cc(C(=O)O)ccc2OC)c1. The maximum atomic E-state index is 11.1. The summed E-state index contributed by atoms with van der Waals surface area (Å²) in [6.07, 6.45) is 0. The van der Waals surface area contributed by atoms with E-state index in [1.807, 2.05) is 31.2 Å². The van der Waals surface area contributed by atoms with Crippen LogP contribution in [0.15, 0.2) is 42.5 Å². The summed E-state index contributed by atoms with van der Waals surface area (Å²) in [7, 11) is 1.55. The molecule has 2 aromatic carbocycles. The molecule has 5 heteroatoms. The van der Waals surface area contributed by atoms with Crippen LogP contribution in [0.1, 0.15) is 22.8 Å². The number of anilines is 1. The summed E-state index contributed by atoms with van der Waals surface area (Å²) < 4.78 is 10.7. The van der Waals surface area contributed by atoms with E-state index in [2.05, 4.69) is 5.32 Å². The highest BCUT2D eigenvalue weighted by molar-refractivity contribution is 5.89. The van der Waals surface area contributed by atoms with Gasteiger partial charge >= 0.3 is 5.97 Å². The van der Waals surface area contributed by atoms with Gasteiger partial charge in [-0.05, 0) is 42.8 Å². The van der Waals surface area contributed by atoms with E-state index in [0.29, 0.717) is 24.6 Å². The molecule has 0 aromatic heterocycles. The Hall–Kier alpha value is -2.69. The summed E-state index contributed by atoms with van der Waals surface area (Å²) in [5, 5.41) is 12.3. The van der Waals surface area contributed by atoms with Gasteiger partial charge in [0.1, 0.15) is 11.5 Å². The van der Waals surface area contributed by atoms with Gasteiger partial charge in [0.2, 0.25) is 0 Å². The van der Waals surface area contributed by atoms with Gasteiger partial charge in [-0.1, -0.05) is 12.1 Å². The molecule has 0 aliphatic heterocycles. The highest BCUT2D eigenvalue weighted by Gasteiger charge is 2.09. The van der Waals surface area contributed by atoms with E-state index in [1.165, 1.54) is 6.07 Å². The number of carboxylic acid groups (broad SMARTS) is 1. The van der Waals surface area contributed by atoms with Crippen LogP contribution in [0.2, 0.25) is 0 Å². The number of carboxylic acids is 1. The number of aromatic carboxylic acids is 1. The van der Waals surface area contributed by atoms with Crippen molar-refractivity contribution >= 4 is 11.7 Å². The second-order valence-electron chi connectivity index (χ2n) is 4.65. The van der Waals surface area contributed by atoms with Crippen molar-refractivity contribution < 1.29 is 19.4 Å². The van der Waals surface area contributed by atoms with Gasteiger partial charge in [0.05, 0.1) is 25.0 Å². The summed E-state index contributed by atoms with van der Waals surface area (Å²) in [6, 6.07) is 12.5. The third-order valence-corrected chi connectivity index (χ3v) is 3.14. The minimum Gasteiger partial charge on any atom is -0.495 e. The van der Waals surface area contributed by atoms with Crippen LogP contribution >= 0.6 is 0 Å².